The molecule has 1 N–H and O–H groups in total. The van der Waals surface area contributed by atoms with Crippen LogP contribution in [0.3, 0.4) is 0 Å². The van der Waals surface area contributed by atoms with Gasteiger partial charge in [0.25, 0.3) is 0 Å². The summed E-state index contributed by atoms with van der Waals surface area (Å²) in [6, 6.07) is 11.1. The minimum absolute atomic E-state index is 0.385. The van der Waals surface area contributed by atoms with Crippen molar-refractivity contribution < 1.29 is 0 Å². The van der Waals surface area contributed by atoms with Crippen LogP contribution < -0.4 is 5.32 Å². The van der Waals surface area contributed by atoms with E-state index >= 15 is 0 Å². The van der Waals surface area contributed by atoms with Crippen molar-refractivity contribution >= 4 is 16.5 Å². The summed E-state index contributed by atoms with van der Waals surface area (Å²) in [7, 11) is 0. The van der Waals surface area contributed by atoms with Crippen LogP contribution in [0.5, 0.6) is 0 Å². The van der Waals surface area contributed by atoms with E-state index in [1.54, 1.807) is 11.3 Å². The van der Waals surface area contributed by atoms with Crippen LogP contribution in [0.2, 0.25) is 0 Å². The number of hydrogen-bond acceptors (Lipinski definition) is 4. The molecule has 0 fully saturated rings. The molecule has 0 bridgehead atoms. The van der Waals surface area contributed by atoms with Gasteiger partial charge in [-0.05, 0) is 25.6 Å². The molecular formula is C16H23N3S. The normalized spacial score (nSPS) is 12.6. The molecule has 20 heavy (non-hydrogen) atoms. The zero-order valence-electron chi connectivity index (χ0n) is 12.5. The quantitative estimate of drug-likeness (QED) is 0.836. The zero-order valence-corrected chi connectivity index (χ0v) is 13.3. The first-order valence-corrected chi connectivity index (χ1v) is 8.01. The lowest BCUT2D eigenvalue weighted by atomic mass is 10.1. The largest absolute Gasteiger partial charge is 0.360 e. The summed E-state index contributed by atoms with van der Waals surface area (Å²) in [4.78, 5) is 8.10. The molecule has 0 saturated heterocycles. The molecule has 0 saturated carbocycles. The standard InChI is InChI=1S/C16H23N3S/c1-4-19(5-2)15(14-9-7-6-8-10-14)12-18-16-17-11-13(3)20-16/h6-11,15H,4-5,12H2,1-3H3,(H,17,18). The highest BCUT2D eigenvalue weighted by atomic mass is 32.1. The van der Waals surface area contributed by atoms with Crippen molar-refractivity contribution in [3.8, 4) is 0 Å². The minimum Gasteiger partial charge on any atom is -0.360 e. The molecule has 1 aromatic carbocycles. The van der Waals surface area contributed by atoms with E-state index in [-0.39, 0.29) is 0 Å². The molecule has 0 aliphatic rings. The molecular weight excluding hydrogens is 266 g/mol. The molecule has 1 atom stereocenters. The van der Waals surface area contributed by atoms with Gasteiger partial charge >= 0.3 is 0 Å². The average molecular weight is 289 g/mol. The Bertz CT molecular complexity index is 505. The van der Waals surface area contributed by atoms with Gasteiger partial charge in [0.1, 0.15) is 0 Å². The van der Waals surface area contributed by atoms with Crippen LogP contribution in [0.15, 0.2) is 36.5 Å². The van der Waals surface area contributed by atoms with E-state index in [1.807, 2.05) is 6.20 Å². The second-order valence-corrected chi connectivity index (χ2v) is 6.04. The Morgan fingerprint density at radius 1 is 1.20 bits per heavy atom. The Morgan fingerprint density at radius 2 is 1.90 bits per heavy atom. The highest BCUT2D eigenvalue weighted by Gasteiger charge is 2.17. The van der Waals surface area contributed by atoms with Gasteiger partial charge in [-0.1, -0.05) is 44.2 Å². The maximum Gasteiger partial charge on any atom is 0.182 e. The first-order chi connectivity index (χ1) is 9.74. The number of aryl methyl sites for hydroxylation is 1. The number of benzene rings is 1. The third kappa shape index (κ3) is 3.81. The van der Waals surface area contributed by atoms with Gasteiger partial charge in [-0.15, -0.1) is 11.3 Å². The predicted octanol–water partition coefficient (Wildman–Crippen LogP) is 3.95. The summed E-state index contributed by atoms with van der Waals surface area (Å²) in [5.74, 6) is 0. The van der Waals surface area contributed by atoms with Crippen LogP contribution in [0, 0.1) is 6.92 Å². The van der Waals surface area contributed by atoms with Gasteiger partial charge < -0.3 is 5.32 Å². The molecule has 3 nitrogen and oxygen atoms in total. The number of nitrogens with one attached hydrogen (secondary N) is 1. The minimum atomic E-state index is 0.385. The fourth-order valence-corrected chi connectivity index (χ4v) is 3.09. The molecule has 1 heterocycles. The number of hydrogen-bond donors (Lipinski definition) is 1. The lowest BCUT2D eigenvalue weighted by Crippen LogP contribution is -2.33. The van der Waals surface area contributed by atoms with Crippen molar-refractivity contribution in [3.05, 3.63) is 47.0 Å². The maximum absolute atomic E-state index is 4.38. The topological polar surface area (TPSA) is 28.2 Å². The summed E-state index contributed by atoms with van der Waals surface area (Å²) < 4.78 is 0. The number of aromatic nitrogens is 1. The molecule has 0 aliphatic heterocycles. The zero-order chi connectivity index (χ0) is 14.4. The van der Waals surface area contributed by atoms with Gasteiger partial charge in [-0.2, -0.15) is 0 Å². The third-order valence-corrected chi connectivity index (χ3v) is 4.38. The number of thiazole rings is 1. The Hall–Kier alpha value is -1.39. The summed E-state index contributed by atoms with van der Waals surface area (Å²) in [6.07, 6.45) is 1.92. The Balaban J connectivity index is 2.10. The second kappa shape index (κ2) is 7.41. The maximum atomic E-state index is 4.38. The molecule has 108 valence electrons. The van der Waals surface area contributed by atoms with Crippen molar-refractivity contribution in [2.75, 3.05) is 25.0 Å². The van der Waals surface area contributed by atoms with Crippen molar-refractivity contribution in [1.82, 2.24) is 9.88 Å². The van der Waals surface area contributed by atoms with Crippen LogP contribution in [0.4, 0.5) is 5.13 Å². The Labute approximate surface area is 125 Å². The average Bonchev–Trinajstić information content (AvgIpc) is 2.90. The summed E-state index contributed by atoms with van der Waals surface area (Å²) in [5, 5.41) is 4.49. The molecule has 0 radical (unpaired) electrons. The number of anilines is 1. The molecule has 0 spiro atoms. The highest BCUT2D eigenvalue weighted by Crippen LogP contribution is 2.23. The first kappa shape index (κ1) is 15.0. The van der Waals surface area contributed by atoms with E-state index in [9.17, 15) is 0 Å². The van der Waals surface area contributed by atoms with E-state index in [1.165, 1.54) is 10.4 Å². The number of likely N-dealkylation sites (N-methyl/N-ethyl adjacent to an activating group) is 1. The fourth-order valence-electron chi connectivity index (χ4n) is 2.42. The van der Waals surface area contributed by atoms with Gasteiger partial charge in [0.05, 0.1) is 6.04 Å². The molecule has 1 aromatic heterocycles. The number of rotatable bonds is 7. The van der Waals surface area contributed by atoms with E-state index < -0.39 is 0 Å². The van der Waals surface area contributed by atoms with Crippen LogP contribution in [0.25, 0.3) is 0 Å². The molecule has 4 heteroatoms. The molecule has 2 rings (SSSR count). The monoisotopic (exact) mass is 289 g/mol. The van der Waals surface area contributed by atoms with Crippen LogP contribution in [-0.2, 0) is 0 Å². The van der Waals surface area contributed by atoms with Gasteiger partial charge in [0.15, 0.2) is 5.13 Å². The molecule has 2 aromatic rings. The fraction of sp³-hybridized carbons (Fsp3) is 0.438. The number of nitrogens with zero attached hydrogens (tertiary/aromatic N) is 2. The van der Waals surface area contributed by atoms with E-state index in [0.29, 0.717) is 6.04 Å². The van der Waals surface area contributed by atoms with Crippen LogP contribution >= 0.6 is 11.3 Å². The molecule has 1 unspecified atom stereocenters. The van der Waals surface area contributed by atoms with E-state index in [0.717, 1.165) is 24.8 Å². The molecule has 0 amide bonds. The van der Waals surface area contributed by atoms with Gasteiger partial charge in [0.2, 0.25) is 0 Å². The van der Waals surface area contributed by atoms with Gasteiger partial charge in [0, 0.05) is 17.6 Å². The first-order valence-electron chi connectivity index (χ1n) is 7.19. The van der Waals surface area contributed by atoms with Crippen LogP contribution in [-0.4, -0.2) is 29.5 Å². The summed E-state index contributed by atoms with van der Waals surface area (Å²) >= 11 is 1.71. The summed E-state index contributed by atoms with van der Waals surface area (Å²) in [6.45, 7) is 9.50. The lowest BCUT2D eigenvalue weighted by molar-refractivity contribution is 0.228. The van der Waals surface area contributed by atoms with E-state index in [4.69, 9.17) is 0 Å². The SMILES string of the molecule is CCN(CC)C(CNc1ncc(C)s1)c1ccccc1. The Kier molecular flexibility index (Phi) is 5.56. The van der Waals surface area contributed by atoms with Crippen molar-refractivity contribution in [2.24, 2.45) is 0 Å². The second-order valence-electron chi connectivity index (χ2n) is 4.80. The summed E-state index contributed by atoms with van der Waals surface area (Å²) in [5.41, 5.74) is 1.36. The lowest BCUT2D eigenvalue weighted by Gasteiger charge is -2.30. The van der Waals surface area contributed by atoms with Gasteiger partial charge in [-0.3, -0.25) is 4.90 Å². The van der Waals surface area contributed by atoms with Crippen molar-refractivity contribution in [1.29, 1.82) is 0 Å². The van der Waals surface area contributed by atoms with Crippen molar-refractivity contribution in [2.45, 2.75) is 26.8 Å². The van der Waals surface area contributed by atoms with Crippen LogP contribution in [0.1, 0.15) is 30.3 Å². The van der Waals surface area contributed by atoms with Crippen molar-refractivity contribution in [3.63, 3.8) is 0 Å². The third-order valence-electron chi connectivity index (χ3n) is 3.51. The highest BCUT2D eigenvalue weighted by molar-refractivity contribution is 7.15. The van der Waals surface area contributed by atoms with Gasteiger partial charge in [-0.25, -0.2) is 4.98 Å². The predicted molar refractivity (Wildman–Crippen MR) is 87.4 cm³/mol. The molecule has 0 aliphatic carbocycles. The Morgan fingerprint density at radius 3 is 2.45 bits per heavy atom. The van der Waals surface area contributed by atoms with E-state index in [2.05, 4.69) is 66.3 Å². The smallest absolute Gasteiger partial charge is 0.182 e.